The van der Waals surface area contributed by atoms with Crippen molar-refractivity contribution >= 4 is 11.6 Å². The van der Waals surface area contributed by atoms with Crippen LogP contribution in [-0.2, 0) is 23.8 Å². The average molecular weight is 506 g/mol. The number of aromatic nitrogens is 1. The number of anilines is 1. The highest BCUT2D eigenvalue weighted by Crippen LogP contribution is 2.35. The van der Waals surface area contributed by atoms with Crippen molar-refractivity contribution in [1.29, 1.82) is 0 Å². The van der Waals surface area contributed by atoms with Gasteiger partial charge in [0.15, 0.2) is 0 Å². The number of carbonyl (C=O) groups is 1. The molecule has 0 atom stereocenters. The van der Waals surface area contributed by atoms with Gasteiger partial charge in [0.25, 0.3) is 5.56 Å². The zero-order valence-electron chi connectivity index (χ0n) is 20.1. The van der Waals surface area contributed by atoms with Gasteiger partial charge in [0.2, 0.25) is 5.91 Å². The Morgan fingerprint density at radius 3 is 2.39 bits per heavy atom. The number of pyridine rings is 1. The first-order chi connectivity index (χ1) is 16.8. The van der Waals surface area contributed by atoms with Crippen molar-refractivity contribution in [3.8, 4) is 16.9 Å². The third kappa shape index (κ3) is 6.94. The van der Waals surface area contributed by atoms with Crippen LogP contribution >= 0.6 is 0 Å². The van der Waals surface area contributed by atoms with Gasteiger partial charge in [0.05, 0.1) is 18.6 Å². The lowest BCUT2D eigenvalue weighted by molar-refractivity contribution is -0.138. The molecule has 3 aromatic rings. The van der Waals surface area contributed by atoms with Gasteiger partial charge in [-0.3, -0.25) is 9.59 Å². The van der Waals surface area contributed by atoms with Gasteiger partial charge in [-0.2, -0.15) is 13.2 Å². The molecule has 1 aromatic heterocycles. The van der Waals surface area contributed by atoms with Gasteiger partial charge in [-0.25, -0.2) is 4.39 Å². The minimum atomic E-state index is -4.63. The van der Waals surface area contributed by atoms with Gasteiger partial charge < -0.3 is 20.8 Å². The van der Waals surface area contributed by atoms with Crippen LogP contribution in [0, 0.1) is 5.82 Å². The van der Waals surface area contributed by atoms with Crippen LogP contribution in [-0.4, -0.2) is 23.0 Å². The molecule has 36 heavy (non-hydrogen) atoms. The summed E-state index contributed by atoms with van der Waals surface area (Å²) < 4.78 is 61.0. The number of nitrogens with two attached hydrogens (primary N) is 1. The molecule has 0 saturated carbocycles. The summed E-state index contributed by atoms with van der Waals surface area (Å²) in [6, 6.07) is 8.91. The first kappa shape index (κ1) is 26.9. The number of halogens is 4. The molecule has 0 aliphatic carbocycles. The molecule has 0 aliphatic heterocycles. The molecule has 0 fully saturated rings. The molecule has 0 aliphatic rings. The highest BCUT2D eigenvalue weighted by Gasteiger charge is 2.34. The van der Waals surface area contributed by atoms with Crippen LogP contribution in [0.4, 0.5) is 23.2 Å². The molecule has 0 saturated heterocycles. The number of nitrogens with one attached hydrogen (secondary N) is 2. The predicted molar refractivity (Wildman–Crippen MR) is 129 cm³/mol. The summed E-state index contributed by atoms with van der Waals surface area (Å²) in [5, 5.41) is 2.40. The Bertz CT molecular complexity index is 1310. The second-order valence-corrected chi connectivity index (χ2v) is 9.07. The van der Waals surface area contributed by atoms with Gasteiger partial charge in [0, 0.05) is 29.1 Å². The third-order valence-corrected chi connectivity index (χ3v) is 5.25. The number of aromatic amines is 1. The lowest BCUT2D eigenvalue weighted by atomic mass is 9.92. The summed E-state index contributed by atoms with van der Waals surface area (Å²) in [5.41, 5.74) is 4.66. The average Bonchev–Trinajstić information content (AvgIpc) is 2.75. The monoisotopic (exact) mass is 505 g/mol. The van der Waals surface area contributed by atoms with Crippen LogP contribution < -0.4 is 21.3 Å². The second-order valence-electron chi connectivity index (χ2n) is 9.07. The smallest absolute Gasteiger partial charge is 0.416 e. The molecule has 1 heterocycles. The van der Waals surface area contributed by atoms with E-state index in [0.717, 1.165) is 6.07 Å². The predicted octanol–water partition coefficient (Wildman–Crippen LogP) is 5.06. The molecular weight excluding hydrogens is 478 g/mol. The Morgan fingerprint density at radius 1 is 1.08 bits per heavy atom. The maximum absolute atomic E-state index is 14.8. The van der Waals surface area contributed by atoms with E-state index in [1.165, 1.54) is 36.5 Å². The number of amides is 1. The first-order valence-corrected chi connectivity index (χ1v) is 11.2. The molecule has 6 nitrogen and oxygen atoms in total. The van der Waals surface area contributed by atoms with Crippen molar-refractivity contribution < 1.29 is 27.1 Å². The van der Waals surface area contributed by atoms with Gasteiger partial charge >= 0.3 is 6.18 Å². The molecule has 1 amide bonds. The standard InChI is InChI=1S/C26H27F4N3O3/c1-4-36-22-12-23(34)32-14-19(22)15-5-6-16(21(27)9-15)10-24(35)33-18-8-7-17(13-25(2,3)31)20(11-18)26(28,29)30/h5-9,11-12,14H,4,10,13,31H2,1-3H3,(H,32,34)(H,33,35). The normalized spacial score (nSPS) is 11.9. The van der Waals surface area contributed by atoms with Crippen LogP contribution in [0.3, 0.4) is 0 Å². The van der Waals surface area contributed by atoms with Crippen molar-refractivity contribution in [2.24, 2.45) is 5.73 Å². The van der Waals surface area contributed by atoms with E-state index >= 15 is 0 Å². The van der Waals surface area contributed by atoms with Crippen molar-refractivity contribution in [1.82, 2.24) is 4.98 Å². The fourth-order valence-electron chi connectivity index (χ4n) is 3.75. The van der Waals surface area contributed by atoms with Crippen LogP contribution in [0.2, 0.25) is 0 Å². The van der Waals surface area contributed by atoms with E-state index in [1.807, 2.05) is 0 Å². The first-order valence-electron chi connectivity index (χ1n) is 11.2. The summed E-state index contributed by atoms with van der Waals surface area (Å²) >= 11 is 0. The second kappa shape index (κ2) is 10.5. The van der Waals surface area contributed by atoms with E-state index in [9.17, 15) is 27.2 Å². The van der Waals surface area contributed by atoms with Crippen LogP contribution in [0.1, 0.15) is 37.5 Å². The Morgan fingerprint density at radius 2 is 1.78 bits per heavy atom. The number of H-pyrrole nitrogens is 1. The van der Waals surface area contributed by atoms with Crippen molar-refractivity contribution in [3.63, 3.8) is 0 Å². The summed E-state index contributed by atoms with van der Waals surface area (Å²) in [7, 11) is 0. The van der Waals surface area contributed by atoms with Crippen LogP contribution in [0.5, 0.6) is 5.75 Å². The number of alkyl halides is 3. The maximum Gasteiger partial charge on any atom is 0.416 e. The highest BCUT2D eigenvalue weighted by atomic mass is 19.4. The Kier molecular flexibility index (Phi) is 7.88. The zero-order chi connectivity index (χ0) is 26.7. The topological polar surface area (TPSA) is 97.2 Å². The fraction of sp³-hybridized carbons (Fsp3) is 0.308. The molecular formula is C26H27F4N3O3. The van der Waals surface area contributed by atoms with Crippen LogP contribution in [0.25, 0.3) is 11.1 Å². The minimum absolute atomic E-state index is 0.00601. The molecule has 3 rings (SSSR count). The molecule has 4 N–H and O–H groups in total. The zero-order valence-corrected chi connectivity index (χ0v) is 20.1. The van der Waals surface area contributed by atoms with Crippen molar-refractivity contribution in [2.45, 2.75) is 45.3 Å². The fourth-order valence-corrected chi connectivity index (χ4v) is 3.75. The maximum atomic E-state index is 14.8. The molecule has 10 heteroatoms. The molecule has 0 bridgehead atoms. The lowest BCUT2D eigenvalue weighted by Crippen LogP contribution is -2.35. The van der Waals surface area contributed by atoms with E-state index in [4.69, 9.17) is 10.5 Å². The van der Waals surface area contributed by atoms with Crippen molar-refractivity contribution in [3.05, 3.63) is 81.5 Å². The summed E-state index contributed by atoms with van der Waals surface area (Å²) in [6.45, 7) is 5.30. The quantitative estimate of drug-likeness (QED) is 0.373. The number of rotatable bonds is 8. The molecule has 0 unspecified atom stereocenters. The number of hydrogen-bond acceptors (Lipinski definition) is 4. The Labute approximate surface area is 205 Å². The molecule has 0 radical (unpaired) electrons. The van der Waals surface area contributed by atoms with Crippen molar-refractivity contribution in [2.75, 3.05) is 11.9 Å². The van der Waals surface area contributed by atoms with Gasteiger partial charge in [-0.05, 0) is 62.1 Å². The SMILES string of the molecule is CCOc1cc(=O)[nH]cc1-c1ccc(CC(=O)Nc2ccc(CC(C)(C)N)c(C(F)(F)F)c2)c(F)c1. The van der Waals surface area contributed by atoms with Gasteiger partial charge in [-0.15, -0.1) is 0 Å². The van der Waals surface area contributed by atoms with E-state index in [-0.39, 0.29) is 34.5 Å². The number of benzene rings is 2. The molecule has 0 spiro atoms. The highest BCUT2D eigenvalue weighted by molar-refractivity contribution is 5.92. The summed E-state index contributed by atoms with van der Waals surface area (Å²) in [4.78, 5) is 26.6. The van der Waals surface area contributed by atoms with Gasteiger partial charge in [0.1, 0.15) is 11.6 Å². The lowest BCUT2D eigenvalue weighted by Gasteiger charge is -2.22. The number of ether oxygens (including phenoxy) is 1. The Hall–Kier alpha value is -3.66. The molecule has 2 aromatic carbocycles. The minimum Gasteiger partial charge on any atom is -0.493 e. The van der Waals surface area contributed by atoms with E-state index in [1.54, 1.807) is 26.8 Å². The van der Waals surface area contributed by atoms with Crippen LogP contribution in [0.15, 0.2) is 53.5 Å². The van der Waals surface area contributed by atoms with E-state index in [2.05, 4.69) is 10.3 Å². The summed E-state index contributed by atoms with van der Waals surface area (Å²) in [6.07, 6.45) is -3.63. The third-order valence-electron chi connectivity index (χ3n) is 5.25. The Balaban J connectivity index is 1.79. The van der Waals surface area contributed by atoms with E-state index < -0.39 is 35.4 Å². The largest absolute Gasteiger partial charge is 0.493 e. The number of hydrogen-bond donors (Lipinski definition) is 3. The molecule has 192 valence electrons. The van der Waals surface area contributed by atoms with E-state index in [0.29, 0.717) is 17.7 Å². The van der Waals surface area contributed by atoms with Gasteiger partial charge in [-0.1, -0.05) is 18.2 Å². The summed E-state index contributed by atoms with van der Waals surface area (Å²) in [5.74, 6) is -1.08. The number of carbonyl (C=O) groups excluding carboxylic acids is 1.